The number of carbonyl (C=O) groups is 1. The third kappa shape index (κ3) is 2.68. The minimum Gasteiger partial charge on any atom is -0.478 e. The van der Waals surface area contributed by atoms with Crippen LogP contribution in [0.4, 0.5) is 5.69 Å². The number of dihydropyridines is 1. The highest BCUT2D eigenvalue weighted by Crippen LogP contribution is 2.48. The Balaban J connectivity index is 2.26. The molecule has 2 aliphatic rings. The van der Waals surface area contributed by atoms with Crippen molar-refractivity contribution in [2.75, 3.05) is 0 Å². The predicted octanol–water partition coefficient (Wildman–Crippen LogP) is 2.45. The number of nitro groups is 1. The van der Waals surface area contributed by atoms with Crippen molar-refractivity contribution in [3.63, 3.8) is 0 Å². The molecule has 1 aromatic rings. The summed E-state index contributed by atoms with van der Waals surface area (Å²) in [4.78, 5) is 22.4. The van der Waals surface area contributed by atoms with Crippen LogP contribution >= 0.6 is 0 Å². The molecule has 0 spiro atoms. The molecule has 2 unspecified atom stereocenters. The summed E-state index contributed by atoms with van der Waals surface area (Å²) in [5, 5.41) is 23.1. The highest BCUT2D eigenvalue weighted by atomic mass is 32.2. The minimum atomic E-state index is -3.71. The summed E-state index contributed by atoms with van der Waals surface area (Å²) >= 11 is 0. The Morgan fingerprint density at radius 3 is 2.69 bits per heavy atom. The standard InChI is InChI=1S/C17H18N2O6S/c1-3-12-8-13-16(26(12,24)25)15(14(17(20)21)9(2)18-13)10-5-4-6-11(7-10)19(22)23/h4-7,12,15,18H,3,8H2,1-2H3,(H,20,21). The fourth-order valence-electron chi connectivity index (χ4n) is 3.67. The Labute approximate surface area is 150 Å². The number of rotatable bonds is 4. The van der Waals surface area contributed by atoms with Gasteiger partial charge in [0.25, 0.3) is 5.69 Å². The normalized spacial score (nSPS) is 24.2. The summed E-state index contributed by atoms with van der Waals surface area (Å²) in [5.74, 6) is -2.32. The largest absolute Gasteiger partial charge is 0.478 e. The van der Waals surface area contributed by atoms with E-state index in [4.69, 9.17) is 0 Å². The number of nitro benzene ring substituents is 1. The van der Waals surface area contributed by atoms with Gasteiger partial charge in [0.05, 0.1) is 26.6 Å². The van der Waals surface area contributed by atoms with Gasteiger partial charge in [-0.25, -0.2) is 13.2 Å². The lowest BCUT2D eigenvalue weighted by Crippen LogP contribution is -2.29. The molecule has 0 saturated carbocycles. The molecule has 2 atom stereocenters. The number of sulfone groups is 1. The van der Waals surface area contributed by atoms with Crippen LogP contribution in [0.15, 0.2) is 46.1 Å². The number of non-ortho nitro benzene ring substituents is 1. The highest BCUT2D eigenvalue weighted by Gasteiger charge is 2.47. The highest BCUT2D eigenvalue weighted by molar-refractivity contribution is 7.96. The zero-order chi connectivity index (χ0) is 19.2. The number of carboxylic acid groups (broad SMARTS) is 1. The van der Waals surface area contributed by atoms with E-state index in [0.29, 0.717) is 17.8 Å². The van der Waals surface area contributed by atoms with Gasteiger partial charge >= 0.3 is 5.97 Å². The van der Waals surface area contributed by atoms with Gasteiger partial charge in [-0.15, -0.1) is 0 Å². The van der Waals surface area contributed by atoms with Crippen molar-refractivity contribution >= 4 is 21.5 Å². The van der Waals surface area contributed by atoms with Crippen LogP contribution in [0.1, 0.15) is 38.2 Å². The van der Waals surface area contributed by atoms with Crippen LogP contribution in [0, 0.1) is 10.1 Å². The summed E-state index contributed by atoms with van der Waals surface area (Å²) in [7, 11) is -3.71. The van der Waals surface area contributed by atoms with Crippen LogP contribution < -0.4 is 5.32 Å². The molecular formula is C17H18N2O6S. The molecular weight excluding hydrogens is 360 g/mol. The fraction of sp³-hybridized carbons (Fsp3) is 0.353. The Morgan fingerprint density at radius 2 is 2.12 bits per heavy atom. The predicted molar refractivity (Wildman–Crippen MR) is 94.0 cm³/mol. The first kappa shape index (κ1) is 18.1. The van der Waals surface area contributed by atoms with Crippen molar-refractivity contribution in [1.29, 1.82) is 0 Å². The first-order chi connectivity index (χ1) is 12.2. The van der Waals surface area contributed by atoms with Crippen molar-refractivity contribution in [3.8, 4) is 0 Å². The molecule has 8 nitrogen and oxygen atoms in total. The van der Waals surface area contributed by atoms with E-state index in [1.807, 2.05) is 0 Å². The van der Waals surface area contributed by atoms with Gasteiger partial charge in [-0.05, 0) is 18.9 Å². The van der Waals surface area contributed by atoms with E-state index in [-0.39, 0.29) is 28.1 Å². The molecule has 0 aliphatic carbocycles. The SMILES string of the molecule is CCC1CC2=C(C(c3cccc([N+](=O)[O-])c3)C(C(=O)O)=C(C)N2)S1(=O)=O. The number of hydrogen-bond acceptors (Lipinski definition) is 6. The Hall–Kier alpha value is -2.68. The number of benzene rings is 1. The van der Waals surface area contributed by atoms with E-state index in [1.165, 1.54) is 24.3 Å². The molecule has 1 aromatic carbocycles. The lowest BCUT2D eigenvalue weighted by molar-refractivity contribution is -0.384. The average molecular weight is 378 g/mol. The van der Waals surface area contributed by atoms with Crippen molar-refractivity contribution in [1.82, 2.24) is 5.32 Å². The minimum absolute atomic E-state index is 0.0212. The zero-order valence-corrected chi connectivity index (χ0v) is 15.0. The number of carboxylic acids is 1. The Bertz CT molecular complexity index is 977. The molecule has 0 radical (unpaired) electrons. The molecule has 0 saturated heterocycles. The maximum atomic E-state index is 13.0. The molecule has 0 amide bonds. The number of hydrogen-bond donors (Lipinski definition) is 2. The fourth-order valence-corrected chi connectivity index (χ4v) is 5.91. The first-order valence-corrected chi connectivity index (χ1v) is 9.65. The van der Waals surface area contributed by atoms with Gasteiger partial charge < -0.3 is 10.4 Å². The number of aliphatic carboxylic acids is 1. The summed E-state index contributed by atoms with van der Waals surface area (Å²) in [6.45, 7) is 3.34. The van der Waals surface area contributed by atoms with Gasteiger partial charge in [-0.3, -0.25) is 10.1 Å². The Morgan fingerprint density at radius 1 is 1.42 bits per heavy atom. The number of allylic oxidation sites excluding steroid dienone is 3. The molecule has 0 aromatic heterocycles. The van der Waals surface area contributed by atoms with E-state index in [0.717, 1.165) is 0 Å². The molecule has 26 heavy (non-hydrogen) atoms. The van der Waals surface area contributed by atoms with Crippen LogP contribution in [-0.4, -0.2) is 29.7 Å². The quantitative estimate of drug-likeness (QED) is 0.608. The zero-order valence-electron chi connectivity index (χ0n) is 14.2. The van der Waals surface area contributed by atoms with E-state index in [9.17, 15) is 28.4 Å². The number of nitrogens with one attached hydrogen (secondary N) is 1. The van der Waals surface area contributed by atoms with Crippen LogP contribution in [0.5, 0.6) is 0 Å². The van der Waals surface area contributed by atoms with Crippen molar-refractivity contribution in [2.24, 2.45) is 0 Å². The van der Waals surface area contributed by atoms with Gasteiger partial charge in [0.15, 0.2) is 9.84 Å². The lowest BCUT2D eigenvalue weighted by atomic mass is 9.85. The molecule has 9 heteroatoms. The molecule has 2 aliphatic heterocycles. The number of nitrogens with zero attached hydrogens (tertiary/aromatic N) is 1. The molecule has 138 valence electrons. The smallest absolute Gasteiger partial charge is 0.334 e. The van der Waals surface area contributed by atoms with E-state index in [1.54, 1.807) is 13.8 Å². The van der Waals surface area contributed by atoms with Crippen molar-refractivity contribution in [3.05, 3.63) is 61.8 Å². The third-order valence-electron chi connectivity index (χ3n) is 4.87. The van der Waals surface area contributed by atoms with E-state index >= 15 is 0 Å². The Kier molecular flexibility index (Phi) is 4.35. The van der Waals surface area contributed by atoms with Gasteiger partial charge in [-0.1, -0.05) is 19.1 Å². The monoisotopic (exact) mass is 378 g/mol. The van der Waals surface area contributed by atoms with Crippen LogP contribution in [0.25, 0.3) is 0 Å². The summed E-state index contributed by atoms with van der Waals surface area (Å²) in [6.07, 6.45) is 0.684. The van der Waals surface area contributed by atoms with E-state index < -0.39 is 31.9 Å². The first-order valence-electron chi connectivity index (χ1n) is 8.10. The van der Waals surface area contributed by atoms with Gasteiger partial charge in [0.2, 0.25) is 0 Å². The third-order valence-corrected chi connectivity index (χ3v) is 7.34. The molecule has 0 bridgehead atoms. The molecule has 0 fully saturated rings. The lowest BCUT2D eigenvalue weighted by Gasteiger charge is -2.28. The molecule has 2 heterocycles. The van der Waals surface area contributed by atoms with Crippen molar-refractivity contribution < 1.29 is 23.2 Å². The summed E-state index contributed by atoms with van der Waals surface area (Å²) in [6, 6.07) is 5.49. The average Bonchev–Trinajstić information content (AvgIpc) is 2.83. The molecule has 2 N–H and O–H groups in total. The summed E-state index contributed by atoms with van der Waals surface area (Å²) < 4.78 is 26.0. The second-order valence-corrected chi connectivity index (χ2v) is 8.57. The van der Waals surface area contributed by atoms with Crippen LogP contribution in [0.2, 0.25) is 0 Å². The maximum Gasteiger partial charge on any atom is 0.334 e. The molecule has 3 rings (SSSR count). The van der Waals surface area contributed by atoms with Crippen LogP contribution in [-0.2, 0) is 14.6 Å². The second kappa shape index (κ2) is 6.24. The maximum absolute atomic E-state index is 13.0. The van der Waals surface area contributed by atoms with Crippen LogP contribution in [0.3, 0.4) is 0 Å². The second-order valence-electron chi connectivity index (χ2n) is 6.38. The van der Waals surface area contributed by atoms with Crippen molar-refractivity contribution in [2.45, 2.75) is 37.9 Å². The summed E-state index contributed by atoms with van der Waals surface area (Å²) in [5.41, 5.74) is 0.790. The topological polar surface area (TPSA) is 127 Å². The van der Waals surface area contributed by atoms with Gasteiger partial charge in [0.1, 0.15) is 0 Å². The van der Waals surface area contributed by atoms with E-state index in [2.05, 4.69) is 5.32 Å². The van der Waals surface area contributed by atoms with Gasteiger partial charge in [0, 0.05) is 29.9 Å². The van der Waals surface area contributed by atoms with Gasteiger partial charge in [-0.2, -0.15) is 0 Å².